The van der Waals surface area contributed by atoms with Crippen molar-refractivity contribution in [2.24, 2.45) is 11.8 Å². The van der Waals surface area contributed by atoms with Crippen molar-refractivity contribution in [3.8, 4) is 0 Å². The van der Waals surface area contributed by atoms with E-state index < -0.39 is 0 Å². The first-order valence-corrected chi connectivity index (χ1v) is 5.07. The van der Waals surface area contributed by atoms with Gasteiger partial charge in [0.15, 0.2) is 0 Å². The minimum Gasteiger partial charge on any atom is -0.392 e. The van der Waals surface area contributed by atoms with Gasteiger partial charge in [-0.1, -0.05) is 31.9 Å². The molecule has 0 aromatic heterocycles. The summed E-state index contributed by atoms with van der Waals surface area (Å²) in [5, 5.41) is 8.82. The van der Waals surface area contributed by atoms with E-state index in [1.807, 2.05) is 6.08 Å². The Kier molecular flexibility index (Phi) is 3.80. The predicted octanol–water partition coefficient (Wildman–Crippen LogP) is 2.75. The molecule has 0 saturated heterocycles. The van der Waals surface area contributed by atoms with Crippen LogP contribution in [0.15, 0.2) is 11.6 Å². The summed E-state index contributed by atoms with van der Waals surface area (Å²) in [7, 11) is 0. The lowest BCUT2D eigenvalue weighted by Gasteiger charge is -2.28. The molecule has 70 valence electrons. The first-order chi connectivity index (χ1) is 5.77. The van der Waals surface area contributed by atoms with Crippen molar-refractivity contribution in [2.75, 3.05) is 6.61 Å². The van der Waals surface area contributed by atoms with Crippen LogP contribution >= 0.6 is 0 Å². The fraction of sp³-hybridized carbons (Fsp3) is 0.818. The van der Waals surface area contributed by atoms with E-state index in [4.69, 9.17) is 5.11 Å². The summed E-state index contributed by atoms with van der Waals surface area (Å²) in [4.78, 5) is 0. The normalized spacial score (nSPS) is 34.1. The van der Waals surface area contributed by atoms with Crippen LogP contribution in [0.3, 0.4) is 0 Å². The van der Waals surface area contributed by atoms with E-state index in [-0.39, 0.29) is 6.61 Å². The maximum absolute atomic E-state index is 8.82. The largest absolute Gasteiger partial charge is 0.392 e. The molecule has 0 unspecified atom stereocenters. The van der Waals surface area contributed by atoms with E-state index in [2.05, 4.69) is 13.8 Å². The standard InChI is InChI=1S/C11H20O/c1-3-10-5-4-9(2)11(8-10)6-7-12/h6,9-10,12H,3-5,7-8H2,1-2H3/b11-6+/t9-,10-/m1/s1. The second-order valence-corrected chi connectivity index (χ2v) is 3.92. The van der Waals surface area contributed by atoms with Crippen LogP contribution < -0.4 is 0 Å². The highest BCUT2D eigenvalue weighted by molar-refractivity contribution is 5.09. The molecule has 0 aromatic carbocycles. The molecule has 1 aliphatic carbocycles. The van der Waals surface area contributed by atoms with Crippen LogP contribution in [0.1, 0.15) is 39.5 Å². The first kappa shape index (κ1) is 9.79. The number of aliphatic hydroxyl groups is 1. The number of aliphatic hydroxyl groups excluding tert-OH is 1. The Balaban J connectivity index is 2.53. The molecule has 0 aliphatic heterocycles. The second-order valence-electron chi connectivity index (χ2n) is 3.92. The lowest BCUT2D eigenvalue weighted by atomic mass is 9.78. The summed E-state index contributed by atoms with van der Waals surface area (Å²) >= 11 is 0. The molecule has 1 nitrogen and oxygen atoms in total. The Bertz CT molecular complexity index is 160. The van der Waals surface area contributed by atoms with Gasteiger partial charge >= 0.3 is 0 Å². The lowest BCUT2D eigenvalue weighted by molar-refractivity contribution is 0.325. The topological polar surface area (TPSA) is 20.2 Å². The summed E-state index contributed by atoms with van der Waals surface area (Å²) in [6.07, 6.45) is 7.20. The van der Waals surface area contributed by atoms with Gasteiger partial charge in [-0.05, 0) is 31.1 Å². The van der Waals surface area contributed by atoms with Crippen LogP contribution in [0.4, 0.5) is 0 Å². The summed E-state index contributed by atoms with van der Waals surface area (Å²) in [5.74, 6) is 1.58. The Morgan fingerprint density at radius 2 is 2.25 bits per heavy atom. The highest BCUT2D eigenvalue weighted by atomic mass is 16.2. The van der Waals surface area contributed by atoms with Gasteiger partial charge in [-0.3, -0.25) is 0 Å². The smallest absolute Gasteiger partial charge is 0.0615 e. The molecule has 1 fully saturated rings. The van der Waals surface area contributed by atoms with Crippen molar-refractivity contribution in [3.05, 3.63) is 11.6 Å². The quantitative estimate of drug-likeness (QED) is 0.629. The number of allylic oxidation sites excluding steroid dienone is 1. The van der Waals surface area contributed by atoms with E-state index >= 15 is 0 Å². The Labute approximate surface area is 75.5 Å². The van der Waals surface area contributed by atoms with Gasteiger partial charge < -0.3 is 5.11 Å². The number of hydrogen-bond acceptors (Lipinski definition) is 1. The maximum atomic E-state index is 8.82. The molecule has 0 radical (unpaired) electrons. The molecule has 1 N–H and O–H groups in total. The Morgan fingerprint density at radius 3 is 2.83 bits per heavy atom. The van der Waals surface area contributed by atoms with Crippen molar-refractivity contribution >= 4 is 0 Å². The van der Waals surface area contributed by atoms with Crippen molar-refractivity contribution in [1.29, 1.82) is 0 Å². The lowest BCUT2D eigenvalue weighted by Crippen LogP contribution is -2.15. The van der Waals surface area contributed by atoms with Crippen LogP contribution in [-0.2, 0) is 0 Å². The summed E-state index contributed by atoms with van der Waals surface area (Å²) in [5.41, 5.74) is 1.48. The van der Waals surface area contributed by atoms with Gasteiger partial charge in [0.25, 0.3) is 0 Å². The van der Waals surface area contributed by atoms with E-state index in [1.165, 1.54) is 31.3 Å². The molecule has 0 amide bonds. The highest BCUT2D eigenvalue weighted by Crippen LogP contribution is 2.34. The molecule has 0 spiro atoms. The summed E-state index contributed by atoms with van der Waals surface area (Å²) in [6.45, 7) is 4.75. The molecule has 2 atom stereocenters. The SMILES string of the molecule is CC[C@@H]1CC[C@@H](C)/C(=C/CO)C1. The van der Waals surface area contributed by atoms with Crippen molar-refractivity contribution in [1.82, 2.24) is 0 Å². The molecule has 1 heteroatoms. The minimum atomic E-state index is 0.218. The Hall–Kier alpha value is -0.300. The van der Waals surface area contributed by atoms with Crippen LogP contribution in [0.25, 0.3) is 0 Å². The van der Waals surface area contributed by atoms with Crippen LogP contribution in [0.5, 0.6) is 0 Å². The average Bonchev–Trinajstić information content (AvgIpc) is 2.09. The third-order valence-corrected chi connectivity index (χ3v) is 3.10. The monoisotopic (exact) mass is 168 g/mol. The molecule has 1 saturated carbocycles. The van der Waals surface area contributed by atoms with Crippen LogP contribution in [0.2, 0.25) is 0 Å². The fourth-order valence-corrected chi connectivity index (χ4v) is 2.06. The molecular weight excluding hydrogens is 148 g/mol. The van der Waals surface area contributed by atoms with Crippen molar-refractivity contribution in [3.63, 3.8) is 0 Å². The fourth-order valence-electron chi connectivity index (χ4n) is 2.06. The number of rotatable bonds is 2. The number of hydrogen-bond donors (Lipinski definition) is 1. The summed E-state index contributed by atoms with van der Waals surface area (Å²) in [6, 6.07) is 0. The zero-order chi connectivity index (χ0) is 8.97. The summed E-state index contributed by atoms with van der Waals surface area (Å²) < 4.78 is 0. The molecule has 0 bridgehead atoms. The van der Waals surface area contributed by atoms with Gasteiger partial charge in [0, 0.05) is 0 Å². The molecule has 1 rings (SSSR count). The van der Waals surface area contributed by atoms with Gasteiger partial charge in [0.05, 0.1) is 6.61 Å². The Morgan fingerprint density at radius 1 is 1.50 bits per heavy atom. The van der Waals surface area contributed by atoms with Gasteiger partial charge in [-0.15, -0.1) is 0 Å². The molecule has 1 aliphatic rings. The zero-order valence-electron chi connectivity index (χ0n) is 8.21. The molecule has 0 heterocycles. The van der Waals surface area contributed by atoms with Gasteiger partial charge in [0.2, 0.25) is 0 Å². The third-order valence-electron chi connectivity index (χ3n) is 3.10. The highest BCUT2D eigenvalue weighted by Gasteiger charge is 2.20. The van der Waals surface area contributed by atoms with E-state index in [9.17, 15) is 0 Å². The second kappa shape index (κ2) is 4.66. The molecule has 12 heavy (non-hydrogen) atoms. The first-order valence-electron chi connectivity index (χ1n) is 5.07. The van der Waals surface area contributed by atoms with E-state index in [0.29, 0.717) is 5.92 Å². The van der Waals surface area contributed by atoms with Crippen LogP contribution in [-0.4, -0.2) is 11.7 Å². The third kappa shape index (κ3) is 2.34. The average molecular weight is 168 g/mol. The van der Waals surface area contributed by atoms with Crippen LogP contribution in [0, 0.1) is 11.8 Å². The van der Waals surface area contributed by atoms with Crippen molar-refractivity contribution in [2.45, 2.75) is 39.5 Å². The van der Waals surface area contributed by atoms with Gasteiger partial charge in [0.1, 0.15) is 0 Å². The minimum absolute atomic E-state index is 0.218. The van der Waals surface area contributed by atoms with Gasteiger partial charge in [-0.25, -0.2) is 0 Å². The molecular formula is C11H20O. The predicted molar refractivity (Wildman–Crippen MR) is 52.0 cm³/mol. The van der Waals surface area contributed by atoms with E-state index in [0.717, 1.165) is 5.92 Å². The van der Waals surface area contributed by atoms with Gasteiger partial charge in [-0.2, -0.15) is 0 Å². The van der Waals surface area contributed by atoms with Crippen molar-refractivity contribution < 1.29 is 5.11 Å². The molecule has 0 aromatic rings. The zero-order valence-corrected chi connectivity index (χ0v) is 8.21. The maximum Gasteiger partial charge on any atom is 0.0615 e. The van der Waals surface area contributed by atoms with E-state index in [1.54, 1.807) is 0 Å².